The minimum Gasteiger partial charge on any atom is -0.281 e. The predicted molar refractivity (Wildman–Crippen MR) is 68.3 cm³/mol. The van der Waals surface area contributed by atoms with E-state index in [1.807, 2.05) is 30.3 Å². The van der Waals surface area contributed by atoms with Crippen LogP contribution in [-0.2, 0) is 4.79 Å². The molecule has 16 heavy (non-hydrogen) atoms. The van der Waals surface area contributed by atoms with E-state index >= 15 is 0 Å². The smallest absolute Gasteiger partial charge is 0.228 e. The van der Waals surface area contributed by atoms with E-state index in [1.54, 1.807) is 13.1 Å². The molecule has 2 rings (SSSR count). The number of carbonyl (C=O) groups excluding carboxylic acids is 1. The lowest BCUT2D eigenvalue weighted by atomic mass is 10.0. The first-order chi connectivity index (χ1) is 7.18. The van der Waals surface area contributed by atoms with Gasteiger partial charge in [0.25, 0.3) is 0 Å². The van der Waals surface area contributed by atoms with Crippen LogP contribution >= 0.6 is 24.0 Å². The maximum absolute atomic E-state index is 11.0. The summed E-state index contributed by atoms with van der Waals surface area (Å²) in [5, 5.41) is 0.693. The molecular weight excluding hydrogens is 245 g/mol. The van der Waals surface area contributed by atoms with Crippen molar-refractivity contribution in [2.24, 2.45) is 0 Å². The molecule has 0 saturated heterocycles. The molecule has 2 nitrogen and oxygen atoms in total. The fourth-order valence-corrected chi connectivity index (χ4v) is 1.62. The van der Waals surface area contributed by atoms with E-state index in [2.05, 4.69) is 4.98 Å². The Labute approximate surface area is 105 Å². The molecule has 1 aromatic carbocycles. The fraction of sp³-hybridized carbons (Fsp3) is 0.167. The fourth-order valence-electron chi connectivity index (χ4n) is 1.49. The van der Waals surface area contributed by atoms with Crippen molar-refractivity contribution in [3.63, 3.8) is 0 Å². The van der Waals surface area contributed by atoms with Gasteiger partial charge >= 0.3 is 0 Å². The molecule has 1 aromatic heterocycles. The molecule has 0 spiro atoms. The Morgan fingerprint density at radius 3 is 2.81 bits per heavy atom. The third-order valence-corrected chi connectivity index (χ3v) is 2.79. The van der Waals surface area contributed by atoms with Crippen molar-refractivity contribution in [1.82, 2.24) is 4.98 Å². The molecule has 0 aliphatic rings. The zero-order valence-electron chi connectivity index (χ0n) is 8.68. The van der Waals surface area contributed by atoms with Gasteiger partial charge in [-0.05, 0) is 35.4 Å². The number of nitrogens with zero attached hydrogens (tertiary/aromatic N) is 1. The standard InChI is InChI=1S/C12H10ClNO.ClH/c1-8(12(13)15)9-4-5-11-10(7-9)3-2-6-14-11;/h2-8H,1H3;1H. The summed E-state index contributed by atoms with van der Waals surface area (Å²) < 4.78 is 0. The summed E-state index contributed by atoms with van der Waals surface area (Å²) in [6, 6.07) is 9.59. The normalized spacial score (nSPS) is 11.9. The van der Waals surface area contributed by atoms with Crippen LogP contribution in [0.25, 0.3) is 10.9 Å². The molecule has 1 heterocycles. The number of halogens is 2. The molecule has 0 aliphatic heterocycles. The quantitative estimate of drug-likeness (QED) is 0.769. The van der Waals surface area contributed by atoms with Crippen molar-refractivity contribution in [3.05, 3.63) is 42.1 Å². The lowest BCUT2D eigenvalue weighted by Crippen LogP contribution is -2.01. The molecule has 1 atom stereocenters. The highest BCUT2D eigenvalue weighted by molar-refractivity contribution is 6.64. The lowest BCUT2D eigenvalue weighted by Gasteiger charge is -2.07. The number of carbonyl (C=O) groups is 1. The molecule has 0 bridgehead atoms. The summed E-state index contributed by atoms with van der Waals surface area (Å²) in [5.41, 5.74) is 1.85. The maximum atomic E-state index is 11.0. The van der Waals surface area contributed by atoms with Gasteiger partial charge in [0.1, 0.15) is 0 Å². The molecule has 4 heteroatoms. The zero-order chi connectivity index (χ0) is 10.8. The number of aromatic nitrogens is 1. The van der Waals surface area contributed by atoms with Crippen LogP contribution in [0.1, 0.15) is 18.4 Å². The van der Waals surface area contributed by atoms with Crippen molar-refractivity contribution in [2.75, 3.05) is 0 Å². The van der Waals surface area contributed by atoms with E-state index in [9.17, 15) is 4.79 Å². The van der Waals surface area contributed by atoms with Crippen LogP contribution in [0.5, 0.6) is 0 Å². The average molecular weight is 256 g/mol. The Balaban J connectivity index is 0.00000128. The second kappa shape index (κ2) is 5.28. The van der Waals surface area contributed by atoms with Gasteiger partial charge in [-0.2, -0.15) is 0 Å². The van der Waals surface area contributed by atoms with Crippen LogP contribution in [0.15, 0.2) is 36.5 Å². The van der Waals surface area contributed by atoms with Crippen LogP contribution < -0.4 is 0 Å². The van der Waals surface area contributed by atoms with E-state index in [-0.39, 0.29) is 23.6 Å². The average Bonchev–Trinajstić information content (AvgIpc) is 2.27. The lowest BCUT2D eigenvalue weighted by molar-refractivity contribution is -0.112. The Hall–Kier alpha value is -1.12. The van der Waals surface area contributed by atoms with Gasteiger partial charge in [0.2, 0.25) is 5.24 Å². The minimum absolute atomic E-state index is 0. The number of fused-ring (bicyclic) bond motifs is 1. The molecule has 0 aliphatic carbocycles. The number of benzene rings is 1. The predicted octanol–water partition coefficient (Wildman–Crippen LogP) is 3.53. The first-order valence-corrected chi connectivity index (χ1v) is 5.10. The third kappa shape index (κ3) is 2.52. The van der Waals surface area contributed by atoms with Crippen molar-refractivity contribution in [2.45, 2.75) is 12.8 Å². The van der Waals surface area contributed by atoms with Gasteiger partial charge in [0.05, 0.1) is 11.4 Å². The van der Waals surface area contributed by atoms with Crippen molar-refractivity contribution in [3.8, 4) is 0 Å². The topological polar surface area (TPSA) is 30.0 Å². The second-order valence-corrected chi connectivity index (χ2v) is 3.85. The van der Waals surface area contributed by atoms with Gasteiger partial charge in [-0.15, -0.1) is 12.4 Å². The van der Waals surface area contributed by atoms with Gasteiger partial charge < -0.3 is 0 Å². The number of hydrogen-bond acceptors (Lipinski definition) is 2. The monoisotopic (exact) mass is 255 g/mol. The molecule has 0 amide bonds. The molecule has 1 unspecified atom stereocenters. The number of pyridine rings is 1. The van der Waals surface area contributed by atoms with Crippen LogP contribution in [0.4, 0.5) is 0 Å². The molecule has 2 aromatic rings. The summed E-state index contributed by atoms with van der Waals surface area (Å²) in [7, 11) is 0. The Morgan fingerprint density at radius 2 is 2.12 bits per heavy atom. The van der Waals surface area contributed by atoms with E-state index in [4.69, 9.17) is 11.6 Å². The molecular formula is C12H11Cl2NO. The molecule has 0 N–H and O–H groups in total. The Bertz CT molecular complexity index is 513. The summed E-state index contributed by atoms with van der Waals surface area (Å²) in [4.78, 5) is 15.2. The van der Waals surface area contributed by atoms with E-state index in [0.29, 0.717) is 0 Å². The highest BCUT2D eigenvalue weighted by atomic mass is 35.5. The second-order valence-electron chi connectivity index (χ2n) is 3.48. The zero-order valence-corrected chi connectivity index (χ0v) is 10.3. The maximum Gasteiger partial charge on any atom is 0.228 e. The molecule has 0 radical (unpaired) electrons. The van der Waals surface area contributed by atoms with Gasteiger partial charge in [-0.3, -0.25) is 9.78 Å². The molecule has 84 valence electrons. The van der Waals surface area contributed by atoms with Gasteiger partial charge in [0, 0.05) is 11.6 Å². The minimum atomic E-state index is -0.335. The highest BCUT2D eigenvalue weighted by Gasteiger charge is 2.12. The van der Waals surface area contributed by atoms with Crippen LogP contribution in [0.3, 0.4) is 0 Å². The molecule has 0 saturated carbocycles. The van der Waals surface area contributed by atoms with E-state index in [0.717, 1.165) is 16.5 Å². The Kier molecular flexibility index (Phi) is 4.27. The van der Waals surface area contributed by atoms with E-state index in [1.165, 1.54) is 0 Å². The van der Waals surface area contributed by atoms with Crippen molar-refractivity contribution < 1.29 is 4.79 Å². The number of rotatable bonds is 2. The third-order valence-electron chi connectivity index (χ3n) is 2.47. The number of hydrogen-bond donors (Lipinski definition) is 0. The van der Waals surface area contributed by atoms with Gasteiger partial charge in [-0.25, -0.2) is 0 Å². The molecule has 0 fully saturated rings. The summed E-state index contributed by atoms with van der Waals surface area (Å²) >= 11 is 5.46. The Morgan fingerprint density at radius 1 is 1.38 bits per heavy atom. The summed E-state index contributed by atoms with van der Waals surface area (Å²) in [6.45, 7) is 1.80. The van der Waals surface area contributed by atoms with Crippen LogP contribution in [0.2, 0.25) is 0 Å². The highest BCUT2D eigenvalue weighted by Crippen LogP contribution is 2.21. The largest absolute Gasteiger partial charge is 0.281 e. The van der Waals surface area contributed by atoms with Crippen LogP contribution in [-0.4, -0.2) is 10.2 Å². The summed E-state index contributed by atoms with van der Waals surface area (Å²) in [6.07, 6.45) is 1.75. The van der Waals surface area contributed by atoms with Crippen molar-refractivity contribution in [1.29, 1.82) is 0 Å². The SMILES string of the molecule is CC(C(=O)Cl)c1ccc2ncccc2c1.Cl. The first-order valence-electron chi connectivity index (χ1n) is 4.72. The van der Waals surface area contributed by atoms with Gasteiger partial charge in [0.15, 0.2) is 0 Å². The van der Waals surface area contributed by atoms with E-state index < -0.39 is 0 Å². The summed E-state index contributed by atoms with van der Waals surface area (Å²) in [5.74, 6) is -0.267. The first kappa shape index (κ1) is 12.9. The van der Waals surface area contributed by atoms with Crippen LogP contribution in [0, 0.1) is 0 Å². The van der Waals surface area contributed by atoms with Gasteiger partial charge in [-0.1, -0.05) is 19.1 Å². The van der Waals surface area contributed by atoms with Crippen molar-refractivity contribution >= 4 is 40.2 Å².